The van der Waals surface area contributed by atoms with Crippen LogP contribution in [0.3, 0.4) is 0 Å². The summed E-state index contributed by atoms with van der Waals surface area (Å²) in [7, 11) is -3.54. The molecule has 1 heterocycles. The number of aryl methyl sites for hydroxylation is 2. The number of amides is 1. The molecule has 0 bridgehead atoms. The molecule has 7 heteroatoms. The second-order valence-electron chi connectivity index (χ2n) is 7.12. The second-order valence-corrected chi connectivity index (χ2v) is 9.06. The molecule has 1 aliphatic rings. The van der Waals surface area contributed by atoms with Crippen molar-refractivity contribution in [2.45, 2.75) is 31.8 Å². The average molecular weight is 403 g/mol. The van der Waals surface area contributed by atoms with E-state index in [-0.39, 0.29) is 23.9 Å². The summed E-state index contributed by atoms with van der Waals surface area (Å²) in [6.45, 7) is 6.86. The van der Waals surface area contributed by atoms with E-state index in [1.807, 2.05) is 38.1 Å². The average Bonchev–Trinajstić information content (AvgIpc) is 2.68. The van der Waals surface area contributed by atoms with Crippen LogP contribution >= 0.6 is 0 Å². The van der Waals surface area contributed by atoms with Gasteiger partial charge in [0.1, 0.15) is 5.75 Å². The predicted molar refractivity (Wildman–Crippen MR) is 108 cm³/mol. The van der Waals surface area contributed by atoms with E-state index in [2.05, 4.69) is 0 Å². The standard InChI is InChI=1S/C21H26N2O4S/c1-16-7-9-20(10-8-16)28(25,26)23-13-11-22(12-14-23)21(24)18(3)27-19-6-4-5-17(2)15-19/h4-10,15,18H,11-14H2,1-3H3. The second kappa shape index (κ2) is 8.32. The van der Waals surface area contributed by atoms with E-state index >= 15 is 0 Å². The number of nitrogens with zero attached hydrogens (tertiary/aromatic N) is 2. The van der Waals surface area contributed by atoms with Crippen molar-refractivity contribution in [3.05, 3.63) is 59.7 Å². The van der Waals surface area contributed by atoms with Gasteiger partial charge in [0.25, 0.3) is 5.91 Å². The van der Waals surface area contributed by atoms with Gasteiger partial charge in [-0.25, -0.2) is 8.42 Å². The highest BCUT2D eigenvalue weighted by Gasteiger charge is 2.32. The van der Waals surface area contributed by atoms with Gasteiger partial charge in [0, 0.05) is 26.2 Å². The Balaban J connectivity index is 1.59. The van der Waals surface area contributed by atoms with Crippen LogP contribution in [-0.4, -0.2) is 55.8 Å². The lowest BCUT2D eigenvalue weighted by Gasteiger charge is -2.35. The van der Waals surface area contributed by atoms with Gasteiger partial charge in [0.05, 0.1) is 4.90 Å². The van der Waals surface area contributed by atoms with Crippen molar-refractivity contribution in [1.82, 2.24) is 9.21 Å². The number of piperazine rings is 1. The SMILES string of the molecule is Cc1ccc(S(=O)(=O)N2CCN(C(=O)C(C)Oc3cccc(C)c3)CC2)cc1. The van der Waals surface area contributed by atoms with Gasteiger partial charge in [-0.15, -0.1) is 0 Å². The fraction of sp³-hybridized carbons (Fsp3) is 0.381. The van der Waals surface area contributed by atoms with Crippen molar-refractivity contribution in [1.29, 1.82) is 0 Å². The third-order valence-electron chi connectivity index (χ3n) is 4.86. The van der Waals surface area contributed by atoms with E-state index in [1.165, 1.54) is 4.31 Å². The Hall–Kier alpha value is -2.38. The van der Waals surface area contributed by atoms with Crippen LogP contribution in [0.15, 0.2) is 53.4 Å². The zero-order chi connectivity index (χ0) is 20.3. The molecule has 0 radical (unpaired) electrons. The van der Waals surface area contributed by atoms with Gasteiger partial charge in [-0.2, -0.15) is 4.31 Å². The van der Waals surface area contributed by atoms with E-state index in [1.54, 1.807) is 36.1 Å². The largest absolute Gasteiger partial charge is 0.481 e. The summed E-state index contributed by atoms with van der Waals surface area (Å²) in [4.78, 5) is 14.6. The lowest BCUT2D eigenvalue weighted by molar-refractivity contribution is -0.139. The van der Waals surface area contributed by atoms with Crippen molar-refractivity contribution in [3.63, 3.8) is 0 Å². The molecule has 0 aromatic heterocycles. The first-order valence-corrected chi connectivity index (χ1v) is 10.8. The first-order valence-electron chi connectivity index (χ1n) is 9.36. The van der Waals surface area contributed by atoms with E-state index < -0.39 is 16.1 Å². The molecule has 1 atom stereocenters. The summed E-state index contributed by atoms with van der Waals surface area (Å²) < 4.78 is 32.8. The predicted octanol–water partition coefficient (Wildman–Crippen LogP) is 2.60. The van der Waals surface area contributed by atoms with Crippen LogP contribution in [0.5, 0.6) is 5.75 Å². The van der Waals surface area contributed by atoms with E-state index in [9.17, 15) is 13.2 Å². The fourth-order valence-electron chi connectivity index (χ4n) is 3.21. The van der Waals surface area contributed by atoms with Gasteiger partial charge in [0.15, 0.2) is 6.10 Å². The number of ether oxygens (including phenoxy) is 1. The van der Waals surface area contributed by atoms with Gasteiger partial charge in [-0.05, 0) is 50.6 Å². The number of benzene rings is 2. The minimum absolute atomic E-state index is 0.131. The molecule has 28 heavy (non-hydrogen) atoms. The Kier molecular flexibility index (Phi) is 6.05. The van der Waals surface area contributed by atoms with Crippen molar-refractivity contribution >= 4 is 15.9 Å². The summed E-state index contributed by atoms with van der Waals surface area (Å²) in [5.41, 5.74) is 2.07. The number of hydrogen-bond donors (Lipinski definition) is 0. The maximum atomic E-state index is 12.8. The van der Waals surface area contributed by atoms with Gasteiger partial charge in [0.2, 0.25) is 10.0 Å². The monoisotopic (exact) mass is 402 g/mol. The van der Waals surface area contributed by atoms with Crippen LogP contribution in [-0.2, 0) is 14.8 Å². The molecule has 1 unspecified atom stereocenters. The number of carbonyl (C=O) groups excluding carboxylic acids is 1. The summed E-state index contributed by atoms with van der Waals surface area (Å²) in [6.07, 6.45) is -0.623. The highest BCUT2D eigenvalue weighted by atomic mass is 32.2. The molecule has 1 amide bonds. The molecule has 0 saturated carbocycles. The van der Waals surface area contributed by atoms with Crippen molar-refractivity contribution in [2.24, 2.45) is 0 Å². The minimum Gasteiger partial charge on any atom is -0.481 e. The Bertz CT molecular complexity index is 933. The Morgan fingerprint density at radius 1 is 0.964 bits per heavy atom. The van der Waals surface area contributed by atoms with E-state index in [4.69, 9.17) is 4.74 Å². The maximum absolute atomic E-state index is 12.8. The van der Waals surface area contributed by atoms with Gasteiger partial charge in [-0.3, -0.25) is 4.79 Å². The zero-order valence-corrected chi connectivity index (χ0v) is 17.3. The Labute approximate surface area is 166 Å². The molecule has 2 aromatic carbocycles. The minimum atomic E-state index is -3.54. The van der Waals surface area contributed by atoms with Crippen molar-refractivity contribution in [2.75, 3.05) is 26.2 Å². The summed E-state index contributed by atoms with van der Waals surface area (Å²) >= 11 is 0. The molecule has 1 fully saturated rings. The lowest BCUT2D eigenvalue weighted by atomic mass is 10.2. The topological polar surface area (TPSA) is 66.9 Å². The smallest absolute Gasteiger partial charge is 0.263 e. The number of hydrogen-bond acceptors (Lipinski definition) is 4. The van der Waals surface area contributed by atoms with E-state index in [0.717, 1.165) is 11.1 Å². The third kappa shape index (κ3) is 4.54. The van der Waals surface area contributed by atoms with E-state index in [0.29, 0.717) is 18.8 Å². The zero-order valence-electron chi connectivity index (χ0n) is 16.5. The van der Waals surface area contributed by atoms with Crippen LogP contribution in [0.2, 0.25) is 0 Å². The van der Waals surface area contributed by atoms with Crippen LogP contribution < -0.4 is 4.74 Å². The number of sulfonamides is 1. The molecule has 1 saturated heterocycles. The number of rotatable bonds is 5. The van der Waals surface area contributed by atoms with Crippen molar-refractivity contribution in [3.8, 4) is 5.75 Å². The van der Waals surface area contributed by atoms with Crippen LogP contribution in [0.1, 0.15) is 18.1 Å². The Morgan fingerprint density at radius 2 is 1.61 bits per heavy atom. The van der Waals surface area contributed by atoms with Crippen molar-refractivity contribution < 1.29 is 17.9 Å². The van der Waals surface area contributed by atoms with Gasteiger partial charge in [-0.1, -0.05) is 29.8 Å². The Morgan fingerprint density at radius 3 is 2.21 bits per heavy atom. The fourth-order valence-corrected chi connectivity index (χ4v) is 4.63. The van der Waals surface area contributed by atoms with Crippen LogP contribution in [0, 0.1) is 13.8 Å². The summed E-state index contributed by atoms with van der Waals surface area (Å²) in [5, 5.41) is 0. The molecular weight excluding hydrogens is 376 g/mol. The molecule has 0 N–H and O–H groups in total. The summed E-state index contributed by atoms with van der Waals surface area (Å²) in [5.74, 6) is 0.523. The third-order valence-corrected chi connectivity index (χ3v) is 6.77. The summed E-state index contributed by atoms with van der Waals surface area (Å²) in [6, 6.07) is 14.4. The van der Waals surface area contributed by atoms with Crippen LogP contribution in [0.25, 0.3) is 0 Å². The molecule has 0 aliphatic carbocycles. The molecule has 0 spiro atoms. The molecular formula is C21H26N2O4S. The van der Waals surface area contributed by atoms with Gasteiger partial charge >= 0.3 is 0 Å². The normalized spacial score (nSPS) is 16.6. The first kappa shape index (κ1) is 20.4. The lowest BCUT2D eigenvalue weighted by Crippen LogP contribution is -2.53. The molecule has 2 aromatic rings. The quantitative estimate of drug-likeness (QED) is 0.771. The molecule has 1 aliphatic heterocycles. The number of carbonyl (C=O) groups is 1. The van der Waals surface area contributed by atoms with Gasteiger partial charge < -0.3 is 9.64 Å². The molecule has 6 nitrogen and oxygen atoms in total. The maximum Gasteiger partial charge on any atom is 0.263 e. The highest BCUT2D eigenvalue weighted by molar-refractivity contribution is 7.89. The molecule has 3 rings (SSSR count). The first-order chi connectivity index (χ1) is 13.3. The van der Waals surface area contributed by atoms with Crippen LogP contribution in [0.4, 0.5) is 0 Å². The highest BCUT2D eigenvalue weighted by Crippen LogP contribution is 2.19. The molecule has 150 valence electrons.